The number of carbonyl (C=O) groups is 1. The smallest absolute Gasteiger partial charge is 0.266 e. The predicted molar refractivity (Wildman–Crippen MR) is 120 cm³/mol. The van der Waals surface area contributed by atoms with Gasteiger partial charge in [0.1, 0.15) is 17.4 Å². The van der Waals surface area contributed by atoms with Gasteiger partial charge in [0.25, 0.3) is 5.91 Å². The summed E-state index contributed by atoms with van der Waals surface area (Å²) in [6.07, 6.45) is 1.61. The number of carbonyl (C=O) groups excluding carboxylic acids is 1. The van der Waals surface area contributed by atoms with Crippen LogP contribution in [0.2, 0.25) is 5.02 Å². The number of hydrogen-bond acceptors (Lipinski definition) is 3. The highest BCUT2D eigenvalue weighted by atomic mass is 35.5. The van der Waals surface area contributed by atoms with E-state index in [-0.39, 0.29) is 5.57 Å². The Labute approximate surface area is 181 Å². The van der Waals surface area contributed by atoms with E-state index in [9.17, 15) is 10.1 Å². The lowest BCUT2D eigenvalue weighted by Gasteiger charge is -2.10. The summed E-state index contributed by atoms with van der Waals surface area (Å²) in [5.41, 5.74) is 5.18. The Bertz CT molecular complexity index is 1170. The summed E-state index contributed by atoms with van der Waals surface area (Å²) in [5.74, 6) is 0.319. The third kappa shape index (κ3) is 4.40. The number of nitriles is 1. The van der Waals surface area contributed by atoms with Crippen molar-refractivity contribution in [2.75, 3.05) is 12.4 Å². The standard InChI is InChI=1S/C24H22ClN3O2/c1-15-11-20(25)5-10-23(15)27-24(29)19(14-26)13-18-12-16(2)28(17(18)3)21-6-8-22(30-4)9-7-21/h5-13H,1-4H3,(H,27,29)/b19-13-. The van der Waals surface area contributed by atoms with Crippen LogP contribution in [0.5, 0.6) is 5.75 Å². The van der Waals surface area contributed by atoms with E-state index in [0.717, 1.165) is 34.0 Å². The average molecular weight is 420 g/mol. The number of hydrogen-bond donors (Lipinski definition) is 1. The Hall–Kier alpha value is -3.49. The zero-order valence-electron chi connectivity index (χ0n) is 17.3. The summed E-state index contributed by atoms with van der Waals surface area (Å²) in [5, 5.41) is 12.9. The Kier molecular flexibility index (Phi) is 6.29. The van der Waals surface area contributed by atoms with Crippen molar-refractivity contribution in [3.63, 3.8) is 0 Å². The van der Waals surface area contributed by atoms with Gasteiger partial charge in [0.2, 0.25) is 0 Å². The zero-order chi connectivity index (χ0) is 21.8. The van der Waals surface area contributed by atoms with Crippen molar-refractivity contribution in [3.8, 4) is 17.5 Å². The van der Waals surface area contributed by atoms with E-state index < -0.39 is 5.91 Å². The van der Waals surface area contributed by atoms with Gasteiger partial charge in [-0.05, 0) is 86.5 Å². The molecule has 30 heavy (non-hydrogen) atoms. The van der Waals surface area contributed by atoms with Crippen LogP contribution in [0.4, 0.5) is 5.69 Å². The molecule has 0 unspecified atom stereocenters. The first-order chi connectivity index (χ1) is 14.3. The van der Waals surface area contributed by atoms with Gasteiger partial charge in [-0.25, -0.2) is 0 Å². The molecule has 0 aliphatic heterocycles. The maximum absolute atomic E-state index is 12.7. The minimum Gasteiger partial charge on any atom is -0.497 e. The topological polar surface area (TPSA) is 67.0 Å². The monoisotopic (exact) mass is 419 g/mol. The number of amides is 1. The molecule has 1 N–H and O–H groups in total. The molecule has 0 atom stereocenters. The van der Waals surface area contributed by atoms with E-state index >= 15 is 0 Å². The van der Waals surface area contributed by atoms with Crippen molar-refractivity contribution in [3.05, 3.63) is 81.6 Å². The van der Waals surface area contributed by atoms with Gasteiger partial charge >= 0.3 is 0 Å². The SMILES string of the molecule is COc1ccc(-n2c(C)cc(/C=C(/C#N)C(=O)Nc3ccc(Cl)cc3C)c2C)cc1. The third-order valence-electron chi connectivity index (χ3n) is 4.90. The second-order valence-electron chi connectivity index (χ2n) is 6.94. The summed E-state index contributed by atoms with van der Waals surface area (Å²) in [4.78, 5) is 12.7. The largest absolute Gasteiger partial charge is 0.497 e. The van der Waals surface area contributed by atoms with Gasteiger partial charge < -0.3 is 14.6 Å². The molecular weight excluding hydrogens is 398 g/mol. The zero-order valence-corrected chi connectivity index (χ0v) is 18.0. The Morgan fingerprint density at radius 1 is 1.13 bits per heavy atom. The number of aryl methyl sites for hydroxylation is 2. The summed E-state index contributed by atoms with van der Waals surface area (Å²) in [6, 6.07) is 16.9. The van der Waals surface area contributed by atoms with E-state index in [1.54, 1.807) is 31.4 Å². The highest BCUT2D eigenvalue weighted by molar-refractivity contribution is 6.30. The first-order valence-corrected chi connectivity index (χ1v) is 9.74. The van der Waals surface area contributed by atoms with Crippen LogP contribution in [0.3, 0.4) is 0 Å². The molecule has 2 aromatic carbocycles. The van der Waals surface area contributed by atoms with E-state index in [1.807, 2.05) is 57.2 Å². The highest BCUT2D eigenvalue weighted by Gasteiger charge is 2.15. The number of benzene rings is 2. The first-order valence-electron chi connectivity index (χ1n) is 9.36. The fourth-order valence-corrected chi connectivity index (χ4v) is 3.55. The fourth-order valence-electron chi connectivity index (χ4n) is 3.32. The van der Waals surface area contributed by atoms with Crippen LogP contribution in [0.25, 0.3) is 11.8 Å². The molecule has 0 bridgehead atoms. The van der Waals surface area contributed by atoms with Gasteiger partial charge in [0, 0.05) is 27.8 Å². The molecular formula is C24H22ClN3O2. The van der Waals surface area contributed by atoms with Crippen molar-refractivity contribution < 1.29 is 9.53 Å². The molecule has 0 saturated carbocycles. The molecule has 6 heteroatoms. The number of halogens is 1. The molecule has 1 aromatic heterocycles. The summed E-state index contributed by atoms with van der Waals surface area (Å²) in [7, 11) is 1.63. The van der Waals surface area contributed by atoms with E-state index in [1.165, 1.54) is 0 Å². The minimum atomic E-state index is -0.461. The number of rotatable bonds is 5. The molecule has 0 saturated heterocycles. The molecule has 1 amide bonds. The number of methoxy groups -OCH3 is 1. The molecule has 0 fully saturated rings. The summed E-state index contributed by atoms with van der Waals surface area (Å²) < 4.78 is 7.29. The van der Waals surface area contributed by atoms with Crippen LogP contribution >= 0.6 is 11.6 Å². The van der Waals surface area contributed by atoms with Crippen LogP contribution < -0.4 is 10.1 Å². The summed E-state index contributed by atoms with van der Waals surface area (Å²) in [6.45, 7) is 5.79. The highest BCUT2D eigenvalue weighted by Crippen LogP contribution is 2.25. The van der Waals surface area contributed by atoms with Crippen molar-refractivity contribution in [2.24, 2.45) is 0 Å². The predicted octanol–water partition coefficient (Wildman–Crippen LogP) is 5.61. The van der Waals surface area contributed by atoms with Crippen LogP contribution in [0.1, 0.15) is 22.5 Å². The molecule has 5 nitrogen and oxygen atoms in total. The molecule has 152 valence electrons. The number of anilines is 1. The molecule has 0 radical (unpaired) electrons. The van der Waals surface area contributed by atoms with Crippen LogP contribution in [0.15, 0.2) is 54.1 Å². The molecule has 3 aromatic rings. The van der Waals surface area contributed by atoms with Crippen molar-refractivity contribution >= 4 is 29.3 Å². The number of ether oxygens (including phenoxy) is 1. The number of aromatic nitrogens is 1. The Morgan fingerprint density at radius 2 is 1.83 bits per heavy atom. The van der Waals surface area contributed by atoms with Crippen LogP contribution in [-0.4, -0.2) is 17.6 Å². The average Bonchev–Trinajstić information content (AvgIpc) is 3.01. The van der Waals surface area contributed by atoms with Crippen molar-refractivity contribution in [1.82, 2.24) is 4.57 Å². The summed E-state index contributed by atoms with van der Waals surface area (Å²) >= 11 is 5.97. The lowest BCUT2D eigenvalue weighted by molar-refractivity contribution is -0.112. The van der Waals surface area contributed by atoms with E-state index in [2.05, 4.69) is 9.88 Å². The first kappa shape index (κ1) is 21.2. The number of nitrogens with zero attached hydrogens (tertiary/aromatic N) is 2. The van der Waals surface area contributed by atoms with Gasteiger partial charge in [-0.3, -0.25) is 4.79 Å². The van der Waals surface area contributed by atoms with Crippen molar-refractivity contribution in [2.45, 2.75) is 20.8 Å². The molecule has 3 rings (SSSR count). The Balaban J connectivity index is 1.92. The quantitative estimate of drug-likeness (QED) is 0.431. The maximum Gasteiger partial charge on any atom is 0.266 e. The van der Waals surface area contributed by atoms with Gasteiger partial charge in [0.05, 0.1) is 7.11 Å². The van der Waals surface area contributed by atoms with Crippen LogP contribution in [0, 0.1) is 32.1 Å². The molecule has 0 aliphatic rings. The number of nitrogens with one attached hydrogen (secondary N) is 1. The van der Waals surface area contributed by atoms with E-state index in [4.69, 9.17) is 16.3 Å². The van der Waals surface area contributed by atoms with Gasteiger partial charge in [-0.15, -0.1) is 0 Å². The fraction of sp³-hybridized carbons (Fsp3) is 0.167. The Morgan fingerprint density at radius 3 is 2.43 bits per heavy atom. The molecule has 0 spiro atoms. The lowest BCUT2D eigenvalue weighted by Crippen LogP contribution is -2.14. The molecule has 0 aliphatic carbocycles. The maximum atomic E-state index is 12.7. The van der Waals surface area contributed by atoms with Gasteiger partial charge in [-0.1, -0.05) is 11.6 Å². The van der Waals surface area contributed by atoms with Gasteiger partial charge in [-0.2, -0.15) is 5.26 Å². The van der Waals surface area contributed by atoms with Gasteiger partial charge in [0.15, 0.2) is 0 Å². The normalized spacial score (nSPS) is 11.1. The molecule has 1 heterocycles. The van der Waals surface area contributed by atoms with E-state index in [0.29, 0.717) is 10.7 Å². The second-order valence-corrected chi connectivity index (χ2v) is 7.38. The van der Waals surface area contributed by atoms with Crippen LogP contribution in [-0.2, 0) is 4.79 Å². The second kappa shape index (κ2) is 8.89. The third-order valence-corrected chi connectivity index (χ3v) is 5.14. The van der Waals surface area contributed by atoms with Crippen molar-refractivity contribution in [1.29, 1.82) is 5.26 Å². The lowest BCUT2D eigenvalue weighted by atomic mass is 10.1. The minimum absolute atomic E-state index is 0.0272.